The van der Waals surface area contributed by atoms with Crippen LogP contribution in [0, 0.1) is 0 Å². The van der Waals surface area contributed by atoms with Crippen molar-refractivity contribution in [3.8, 4) is 0 Å². The average Bonchev–Trinajstić information content (AvgIpc) is 2.92. The molecule has 15 N–H and O–H groups in total. The number of carbonyl (C=O) groups excluding carboxylic acids is 7. The van der Waals surface area contributed by atoms with Crippen molar-refractivity contribution in [3.63, 3.8) is 0 Å². The molecule has 0 aromatic rings. The van der Waals surface area contributed by atoms with Gasteiger partial charge in [-0.2, -0.15) is 0 Å². The van der Waals surface area contributed by atoms with Gasteiger partial charge in [-0.15, -0.1) is 0 Å². The van der Waals surface area contributed by atoms with Crippen LogP contribution in [0.15, 0.2) is 4.99 Å². The number of carboxylic acids is 1. The zero-order valence-electron chi connectivity index (χ0n) is 25.0. The number of carboxylic acid groups (broad SMARTS) is 1. The first-order valence-corrected chi connectivity index (χ1v) is 13.5. The molecule has 44 heavy (non-hydrogen) atoms. The van der Waals surface area contributed by atoms with Gasteiger partial charge in [-0.3, -0.25) is 38.6 Å². The maximum atomic E-state index is 12.6. The highest BCUT2D eigenvalue weighted by Crippen LogP contribution is 2.00. The van der Waals surface area contributed by atoms with E-state index in [1.54, 1.807) is 0 Å². The van der Waals surface area contributed by atoms with E-state index < -0.39 is 96.5 Å². The van der Waals surface area contributed by atoms with Crippen LogP contribution in [0.2, 0.25) is 0 Å². The van der Waals surface area contributed by atoms with Gasteiger partial charge in [0.05, 0.1) is 13.0 Å². The van der Waals surface area contributed by atoms with Gasteiger partial charge in [0, 0.05) is 6.54 Å². The van der Waals surface area contributed by atoms with E-state index in [0.717, 1.165) is 0 Å². The maximum absolute atomic E-state index is 12.6. The second-order valence-corrected chi connectivity index (χ2v) is 9.76. The van der Waals surface area contributed by atoms with Crippen molar-refractivity contribution in [1.29, 1.82) is 0 Å². The lowest BCUT2D eigenvalue weighted by Gasteiger charge is -2.23. The van der Waals surface area contributed by atoms with E-state index in [-0.39, 0.29) is 25.3 Å². The molecule has 0 saturated heterocycles. The molecular weight excluding hydrogens is 586 g/mol. The van der Waals surface area contributed by atoms with Gasteiger partial charge in [-0.25, -0.2) is 4.79 Å². The smallest absolute Gasteiger partial charge is 0.326 e. The fraction of sp³-hybridized carbons (Fsp3) is 0.625. The number of guanidine groups is 1. The number of nitrogens with zero attached hydrogens (tertiary/aromatic N) is 1. The Morgan fingerprint density at radius 2 is 1.05 bits per heavy atom. The first-order chi connectivity index (χ1) is 20.4. The molecule has 0 aromatic carbocycles. The van der Waals surface area contributed by atoms with E-state index in [4.69, 9.17) is 22.9 Å². The number of rotatable bonds is 19. The van der Waals surface area contributed by atoms with Crippen LogP contribution < -0.4 is 54.8 Å². The van der Waals surface area contributed by atoms with Crippen LogP contribution in [0.25, 0.3) is 0 Å². The fourth-order valence-electron chi connectivity index (χ4n) is 3.31. The molecule has 20 heteroatoms. The van der Waals surface area contributed by atoms with E-state index >= 15 is 0 Å². The molecule has 248 valence electrons. The predicted octanol–water partition coefficient (Wildman–Crippen LogP) is -6.05. The summed E-state index contributed by atoms with van der Waals surface area (Å²) >= 11 is 0. The zero-order valence-corrected chi connectivity index (χ0v) is 25.0. The van der Waals surface area contributed by atoms with Gasteiger partial charge < -0.3 is 59.9 Å². The number of nitrogens with one attached hydrogen (secondary N) is 6. The van der Waals surface area contributed by atoms with E-state index in [2.05, 4.69) is 36.9 Å². The molecule has 0 rings (SSSR count). The lowest BCUT2D eigenvalue weighted by Crippen LogP contribution is -2.58. The first kappa shape index (κ1) is 39.0. The molecule has 0 radical (unpaired) electrons. The Bertz CT molecular complexity index is 1110. The van der Waals surface area contributed by atoms with Crippen LogP contribution in [0.1, 0.15) is 47.0 Å². The Labute approximate surface area is 253 Å². The van der Waals surface area contributed by atoms with Crippen molar-refractivity contribution in [3.05, 3.63) is 0 Å². The summed E-state index contributed by atoms with van der Waals surface area (Å²) in [4.78, 5) is 100. The third-order valence-corrected chi connectivity index (χ3v) is 5.81. The fourth-order valence-corrected chi connectivity index (χ4v) is 3.31. The monoisotopic (exact) mass is 629 g/mol. The van der Waals surface area contributed by atoms with E-state index in [9.17, 15) is 43.5 Å². The minimum Gasteiger partial charge on any atom is -0.480 e. The van der Waals surface area contributed by atoms with Crippen LogP contribution in [-0.4, -0.2) is 108 Å². The molecule has 20 nitrogen and oxygen atoms in total. The Morgan fingerprint density at radius 1 is 0.636 bits per heavy atom. The van der Waals surface area contributed by atoms with Gasteiger partial charge in [0.1, 0.15) is 36.3 Å². The number of hydrogen-bond acceptors (Lipinski definition) is 10. The number of amides is 7. The highest BCUT2D eigenvalue weighted by molar-refractivity contribution is 5.97. The van der Waals surface area contributed by atoms with Crippen LogP contribution >= 0.6 is 0 Å². The first-order valence-electron chi connectivity index (χ1n) is 13.5. The van der Waals surface area contributed by atoms with Gasteiger partial charge in [0.25, 0.3) is 0 Å². The summed E-state index contributed by atoms with van der Waals surface area (Å²) in [5.74, 6) is -7.13. The second kappa shape index (κ2) is 19.2. The summed E-state index contributed by atoms with van der Waals surface area (Å²) in [6.07, 6.45) is -0.261. The third-order valence-electron chi connectivity index (χ3n) is 5.81. The predicted molar refractivity (Wildman–Crippen MR) is 155 cm³/mol. The van der Waals surface area contributed by atoms with Crippen LogP contribution in [0.5, 0.6) is 0 Å². The number of carbonyl (C=O) groups is 8. The highest BCUT2D eigenvalue weighted by atomic mass is 16.4. The molecule has 7 amide bonds. The summed E-state index contributed by atoms with van der Waals surface area (Å²) < 4.78 is 0. The number of aliphatic carboxylic acids is 1. The number of primary amides is 1. The lowest BCUT2D eigenvalue weighted by atomic mass is 10.1. The van der Waals surface area contributed by atoms with Crippen molar-refractivity contribution in [1.82, 2.24) is 31.9 Å². The molecule has 0 aliphatic heterocycles. The largest absolute Gasteiger partial charge is 0.480 e. The number of nitrogens with two attached hydrogens (primary N) is 4. The van der Waals surface area contributed by atoms with Crippen LogP contribution in [-0.2, 0) is 38.4 Å². The maximum Gasteiger partial charge on any atom is 0.326 e. The lowest BCUT2D eigenvalue weighted by molar-refractivity contribution is -0.142. The molecule has 0 spiro atoms. The van der Waals surface area contributed by atoms with Crippen molar-refractivity contribution in [2.75, 3.05) is 13.1 Å². The summed E-state index contributed by atoms with van der Waals surface area (Å²) in [7, 11) is 0. The summed E-state index contributed by atoms with van der Waals surface area (Å²) in [6.45, 7) is 4.91. The quantitative estimate of drug-likeness (QED) is 0.0361. The van der Waals surface area contributed by atoms with Crippen molar-refractivity contribution in [2.24, 2.45) is 27.9 Å². The molecule has 0 bridgehead atoms. The van der Waals surface area contributed by atoms with E-state index in [1.807, 2.05) is 0 Å². The van der Waals surface area contributed by atoms with Gasteiger partial charge in [-0.05, 0) is 40.5 Å². The highest BCUT2D eigenvalue weighted by Gasteiger charge is 2.29. The topological polar surface area (TPSA) is 345 Å². The molecule has 0 aliphatic rings. The molecule has 0 aliphatic carbocycles. The molecular formula is C24H43N11O9. The van der Waals surface area contributed by atoms with Crippen molar-refractivity contribution >= 4 is 53.3 Å². The molecule has 0 saturated carbocycles. The second-order valence-electron chi connectivity index (χ2n) is 9.76. The number of hydrogen-bond donors (Lipinski definition) is 11. The molecule has 6 unspecified atom stereocenters. The molecule has 0 fully saturated rings. The summed E-state index contributed by atoms with van der Waals surface area (Å²) in [5, 5.41) is 23.2. The van der Waals surface area contributed by atoms with Crippen molar-refractivity contribution in [2.45, 2.75) is 83.2 Å². The molecule has 0 heterocycles. The minimum atomic E-state index is -1.38. The molecule has 0 aromatic heterocycles. The van der Waals surface area contributed by atoms with Gasteiger partial charge in [0.15, 0.2) is 5.96 Å². The van der Waals surface area contributed by atoms with Crippen molar-refractivity contribution < 1.29 is 43.5 Å². The Balaban J connectivity index is 4.93. The van der Waals surface area contributed by atoms with Crippen LogP contribution in [0.4, 0.5) is 0 Å². The van der Waals surface area contributed by atoms with Gasteiger partial charge >= 0.3 is 5.97 Å². The average molecular weight is 630 g/mol. The Morgan fingerprint density at radius 3 is 1.41 bits per heavy atom. The van der Waals surface area contributed by atoms with E-state index in [0.29, 0.717) is 0 Å². The standard InChI is InChI=1S/C24H43N11O9/c1-10(31-20(40)12(3)33-22(42)15(8-16(26)36)34-17(37)9-25)18(38)30-11(2)19(39)32-13(4)21(41)35-14(23(43)44)6-5-7-29-24(27)28/h10-15H,5-9,25H2,1-4H3,(H2,26,36)(H,30,38)(H,31,40)(H,32,39)(H,33,42)(H,34,37)(H,35,41)(H,43,44)(H4,27,28,29). The third kappa shape index (κ3) is 15.3. The Hall–Kier alpha value is -5.01. The van der Waals surface area contributed by atoms with Gasteiger partial charge in [0.2, 0.25) is 41.4 Å². The summed E-state index contributed by atoms with van der Waals surface area (Å²) in [5.41, 5.74) is 20.7. The normalized spacial score (nSPS) is 14.6. The zero-order chi connectivity index (χ0) is 34.1. The van der Waals surface area contributed by atoms with E-state index in [1.165, 1.54) is 27.7 Å². The SMILES string of the molecule is CC(NC(=O)C(C)NC(=O)C(C)NC(=O)C(CC(N)=O)NC(=O)CN)C(=O)NC(C)C(=O)NC(CCCN=C(N)N)C(=O)O. The van der Waals surface area contributed by atoms with Gasteiger partial charge in [-0.1, -0.05) is 0 Å². The minimum absolute atomic E-state index is 0.0235. The Kier molecular flexibility index (Phi) is 17.0. The summed E-state index contributed by atoms with van der Waals surface area (Å²) in [6, 6.07) is -7.39. The molecule has 6 atom stereocenters. The van der Waals surface area contributed by atoms with Crippen LogP contribution in [0.3, 0.4) is 0 Å². The number of aliphatic imine (C=N–C) groups is 1.